The van der Waals surface area contributed by atoms with Crippen LogP contribution in [0.5, 0.6) is 0 Å². The number of nitrogens with one attached hydrogen (secondary N) is 2. The maximum absolute atomic E-state index is 11.7. The summed E-state index contributed by atoms with van der Waals surface area (Å²) in [6, 6.07) is 9.28. The van der Waals surface area contributed by atoms with E-state index in [0.717, 1.165) is 5.56 Å². The van der Waals surface area contributed by atoms with E-state index in [-0.39, 0.29) is 5.91 Å². The van der Waals surface area contributed by atoms with Gasteiger partial charge in [-0.15, -0.1) is 0 Å². The molecule has 2 unspecified atom stereocenters. The van der Waals surface area contributed by atoms with Crippen LogP contribution in [0.15, 0.2) is 29.8 Å². The number of fused-ring (bicyclic) bond motifs is 2. The third-order valence-corrected chi connectivity index (χ3v) is 4.23. The molecule has 0 aromatic heterocycles. The Bertz CT molecular complexity index is 504. The lowest BCUT2D eigenvalue weighted by molar-refractivity contribution is 0.0956. The molecule has 2 aliphatic heterocycles. The van der Waals surface area contributed by atoms with Gasteiger partial charge >= 0.3 is 0 Å². The molecule has 2 atom stereocenters. The van der Waals surface area contributed by atoms with Crippen molar-refractivity contribution >= 4 is 12.0 Å². The van der Waals surface area contributed by atoms with Crippen molar-refractivity contribution in [2.24, 2.45) is 0 Å². The highest BCUT2D eigenvalue weighted by Crippen LogP contribution is 2.31. The first kappa shape index (κ1) is 13.4. The third kappa shape index (κ3) is 2.93. The van der Waals surface area contributed by atoms with Gasteiger partial charge in [0.2, 0.25) is 0 Å². The number of carbonyl (C=O) groups excluding carboxylic acids is 1. The van der Waals surface area contributed by atoms with Crippen LogP contribution in [0, 0.1) is 0 Å². The lowest BCUT2D eigenvalue weighted by atomic mass is 9.96. The van der Waals surface area contributed by atoms with Gasteiger partial charge in [0.1, 0.15) is 0 Å². The average molecular weight is 270 g/mol. The molecule has 1 amide bonds. The van der Waals surface area contributed by atoms with Gasteiger partial charge in [0.25, 0.3) is 5.91 Å². The largest absolute Gasteiger partial charge is 0.352 e. The fourth-order valence-electron chi connectivity index (χ4n) is 3.29. The summed E-state index contributed by atoms with van der Waals surface area (Å²) in [5.41, 5.74) is 3.48. The number of rotatable bonds is 3. The first-order valence-corrected chi connectivity index (χ1v) is 7.58. The second-order valence-electron chi connectivity index (χ2n) is 5.83. The normalized spacial score (nSPS) is 24.6. The highest BCUT2D eigenvalue weighted by Gasteiger charge is 2.29. The van der Waals surface area contributed by atoms with Crippen molar-refractivity contribution in [3.8, 4) is 0 Å². The SMILES string of the molecule is CCNC(=O)c1ccc(C=C2CC3CCC(C2)N3)cc1. The number of amides is 1. The molecule has 2 aliphatic rings. The van der Waals surface area contributed by atoms with Gasteiger partial charge in [-0.2, -0.15) is 0 Å². The van der Waals surface area contributed by atoms with E-state index in [2.05, 4.69) is 16.7 Å². The molecule has 0 saturated carbocycles. The first-order chi connectivity index (χ1) is 9.74. The molecule has 106 valence electrons. The molecule has 1 aromatic carbocycles. The Kier molecular flexibility index (Phi) is 3.88. The topological polar surface area (TPSA) is 41.1 Å². The fraction of sp³-hybridized carbons (Fsp3) is 0.471. The maximum atomic E-state index is 11.7. The molecule has 2 saturated heterocycles. The van der Waals surface area contributed by atoms with E-state index in [1.54, 1.807) is 5.57 Å². The number of piperidine rings is 1. The van der Waals surface area contributed by atoms with Gasteiger partial charge < -0.3 is 10.6 Å². The minimum atomic E-state index is 0.00612. The summed E-state index contributed by atoms with van der Waals surface area (Å²) in [7, 11) is 0. The minimum absolute atomic E-state index is 0.00612. The van der Waals surface area contributed by atoms with Crippen LogP contribution in [-0.4, -0.2) is 24.5 Å². The van der Waals surface area contributed by atoms with Gasteiger partial charge in [0.15, 0.2) is 0 Å². The summed E-state index contributed by atoms with van der Waals surface area (Å²) in [5, 5.41) is 6.47. The lowest BCUT2D eigenvalue weighted by Crippen LogP contribution is -2.34. The molecule has 0 aliphatic carbocycles. The molecule has 2 N–H and O–H groups in total. The van der Waals surface area contributed by atoms with E-state index >= 15 is 0 Å². The zero-order valence-corrected chi connectivity index (χ0v) is 12.0. The van der Waals surface area contributed by atoms with Gasteiger partial charge in [-0.3, -0.25) is 4.79 Å². The second-order valence-corrected chi connectivity index (χ2v) is 5.83. The summed E-state index contributed by atoms with van der Waals surface area (Å²) in [5.74, 6) is 0.00612. The summed E-state index contributed by atoms with van der Waals surface area (Å²) in [6.07, 6.45) is 7.28. The van der Waals surface area contributed by atoms with Crippen molar-refractivity contribution < 1.29 is 4.79 Å². The van der Waals surface area contributed by atoms with Gasteiger partial charge in [-0.25, -0.2) is 0 Å². The molecule has 3 heteroatoms. The molecular formula is C17H22N2O. The van der Waals surface area contributed by atoms with Crippen LogP contribution in [0.4, 0.5) is 0 Å². The number of carbonyl (C=O) groups is 1. The Morgan fingerprint density at radius 2 is 1.90 bits per heavy atom. The Hall–Kier alpha value is -1.61. The molecule has 0 spiro atoms. The highest BCUT2D eigenvalue weighted by molar-refractivity contribution is 5.94. The van der Waals surface area contributed by atoms with E-state index in [4.69, 9.17) is 0 Å². The zero-order chi connectivity index (χ0) is 13.9. The fourth-order valence-corrected chi connectivity index (χ4v) is 3.29. The van der Waals surface area contributed by atoms with Crippen LogP contribution in [0.3, 0.4) is 0 Å². The van der Waals surface area contributed by atoms with Crippen LogP contribution in [-0.2, 0) is 0 Å². The van der Waals surface area contributed by atoms with Crippen LogP contribution >= 0.6 is 0 Å². The first-order valence-electron chi connectivity index (χ1n) is 7.58. The van der Waals surface area contributed by atoms with Gasteiger partial charge in [0.05, 0.1) is 0 Å². The molecule has 2 heterocycles. The number of hydrogen-bond acceptors (Lipinski definition) is 2. The average Bonchev–Trinajstić information content (AvgIpc) is 2.79. The molecule has 3 rings (SSSR count). The smallest absolute Gasteiger partial charge is 0.251 e. The summed E-state index contributed by atoms with van der Waals surface area (Å²) in [6.45, 7) is 2.60. The molecule has 1 aromatic rings. The standard InChI is InChI=1S/C17H22N2O/c1-2-18-17(20)14-5-3-12(4-6-14)9-13-10-15-7-8-16(11-13)19-15/h3-6,9,15-16,19H,2,7-8,10-11H2,1H3,(H,18,20). The molecule has 0 radical (unpaired) electrons. The highest BCUT2D eigenvalue weighted by atomic mass is 16.1. The van der Waals surface area contributed by atoms with Crippen LogP contribution in [0.2, 0.25) is 0 Å². The third-order valence-electron chi connectivity index (χ3n) is 4.23. The molecule has 3 nitrogen and oxygen atoms in total. The van der Waals surface area contributed by atoms with Crippen LogP contribution in [0.1, 0.15) is 48.5 Å². The van der Waals surface area contributed by atoms with Crippen LogP contribution < -0.4 is 10.6 Å². The molecular weight excluding hydrogens is 248 g/mol. The van der Waals surface area contributed by atoms with E-state index in [1.165, 1.54) is 31.2 Å². The molecule has 20 heavy (non-hydrogen) atoms. The van der Waals surface area contributed by atoms with Crippen molar-refractivity contribution in [2.75, 3.05) is 6.54 Å². The van der Waals surface area contributed by atoms with Crippen molar-refractivity contribution in [3.05, 3.63) is 41.0 Å². The van der Waals surface area contributed by atoms with Crippen molar-refractivity contribution in [3.63, 3.8) is 0 Å². The zero-order valence-electron chi connectivity index (χ0n) is 12.0. The van der Waals surface area contributed by atoms with Gasteiger partial charge in [0, 0.05) is 24.2 Å². The molecule has 2 bridgehead atoms. The molecule has 2 fully saturated rings. The quantitative estimate of drug-likeness (QED) is 0.886. The Morgan fingerprint density at radius 1 is 1.25 bits per heavy atom. The van der Waals surface area contributed by atoms with E-state index in [0.29, 0.717) is 18.6 Å². The Labute approximate surface area is 120 Å². The van der Waals surface area contributed by atoms with Crippen molar-refractivity contribution in [2.45, 2.75) is 44.7 Å². The predicted molar refractivity (Wildman–Crippen MR) is 81.6 cm³/mol. The minimum Gasteiger partial charge on any atom is -0.352 e. The lowest BCUT2D eigenvalue weighted by Gasteiger charge is -2.23. The summed E-state index contributed by atoms with van der Waals surface area (Å²) in [4.78, 5) is 11.7. The van der Waals surface area contributed by atoms with Crippen LogP contribution in [0.25, 0.3) is 6.08 Å². The Balaban J connectivity index is 1.70. The second kappa shape index (κ2) is 5.80. The Morgan fingerprint density at radius 3 is 2.50 bits per heavy atom. The van der Waals surface area contributed by atoms with E-state index in [1.807, 2.05) is 31.2 Å². The monoisotopic (exact) mass is 270 g/mol. The van der Waals surface area contributed by atoms with Crippen molar-refractivity contribution in [1.29, 1.82) is 0 Å². The number of hydrogen-bond donors (Lipinski definition) is 2. The van der Waals surface area contributed by atoms with E-state index < -0.39 is 0 Å². The van der Waals surface area contributed by atoms with Gasteiger partial charge in [-0.1, -0.05) is 23.8 Å². The summed E-state index contributed by atoms with van der Waals surface area (Å²) >= 11 is 0. The number of benzene rings is 1. The van der Waals surface area contributed by atoms with Gasteiger partial charge in [-0.05, 0) is 50.3 Å². The maximum Gasteiger partial charge on any atom is 0.251 e. The van der Waals surface area contributed by atoms with Crippen molar-refractivity contribution in [1.82, 2.24) is 10.6 Å². The summed E-state index contributed by atoms with van der Waals surface area (Å²) < 4.78 is 0. The van der Waals surface area contributed by atoms with E-state index in [9.17, 15) is 4.79 Å². The predicted octanol–water partition coefficient (Wildman–Crippen LogP) is 2.73.